The first-order valence-electron chi connectivity index (χ1n) is 5.85. The minimum atomic E-state index is -0.212. The number of hydrogen-bond acceptors (Lipinski definition) is 3. The molecule has 0 saturated carbocycles. The average Bonchev–Trinajstić information content (AvgIpc) is 2.21. The Labute approximate surface area is 105 Å². The Kier molecular flexibility index (Phi) is 7.85. The van der Waals surface area contributed by atoms with E-state index in [0.717, 1.165) is 6.54 Å². The lowest BCUT2D eigenvalue weighted by Gasteiger charge is -2.28. The van der Waals surface area contributed by atoms with Gasteiger partial charge in [0.25, 0.3) is 0 Å². The van der Waals surface area contributed by atoms with E-state index in [1.54, 1.807) is 7.11 Å². The Bertz CT molecular complexity index is 207. The van der Waals surface area contributed by atoms with E-state index in [1.165, 1.54) is 0 Å². The number of thiol groups is 1. The van der Waals surface area contributed by atoms with E-state index in [9.17, 15) is 4.79 Å². The molecule has 16 heavy (non-hydrogen) atoms. The Balaban J connectivity index is 4.42. The van der Waals surface area contributed by atoms with Crippen molar-refractivity contribution in [3.63, 3.8) is 0 Å². The molecule has 0 fully saturated rings. The average molecular weight is 247 g/mol. The molecule has 96 valence electrons. The fraction of sp³-hybridized carbons (Fsp3) is 0.917. The normalized spacial score (nSPS) is 13.2. The molecule has 0 N–H and O–H groups in total. The quantitative estimate of drug-likeness (QED) is 0.698. The zero-order valence-corrected chi connectivity index (χ0v) is 12.0. The van der Waals surface area contributed by atoms with Gasteiger partial charge in [0.1, 0.15) is 0 Å². The SMILES string of the molecule is COCCN(CC(C)C)C(=O)C(S)C(C)C. The van der Waals surface area contributed by atoms with E-state index in [2.05, 4.69) is 26.5 Å². The minimum absolute atomic E-state index is 0.115. The fourth-order valence-corrected chi connectivity index (χ4v) is 1.57. The summed E-state index contributed by atoms with van der Waals surface area (Å²) in [5.41, 5.74) is 0. The van der Waals surface area contributed by atoms with Crippen LogP contribution in [0, 0.1) is 11.8 Å². The summed E-state index contributed by atoms with van der Waals surface area (Å²) in [6.45, 7) is 10.2. The van der Waals surface area contributed by atoms with Crippen LogP contribution in [-0.4, -0.2) is 42.9 Å². The van der Waals surface area contributed by atoms with Gasteiger partial charge >= 0.3 is 0 Å². The van der Waals surface area contributed by atoms with Gasteiger partial charge in [0.05, 0.1) is 11.9 Å². The van der Waals surface area contributed by atoms with Crippen LogP contribution in [-0.2, 0) is 9.53 Å². The molecule has 1 amide bonds. The standard InChI is InChI=1S/C12H25NO2S/c1-9(2)8-13(6-7-15-5)12(14)11(16)10(3)4/h9-11,16H,6-8H2,1-5H3. The molecule has 0 heterocycles. The van der Waals surface area contributed by atoms with Gasteiger partial charge < -0.3 is 9.64 Å². The molecule has 1 atom stereocenters. The van der Waals surface area contributed by atoms with E-state index in [4.69, 9.17) is 4.74 Å². The van der Waals surface area contributed by atoms with Crippen LogP contribution in [0.2, 0.25) is 0 Å². The van der Waals surface area contributed by atoms with Crippen LogP contribution in [0.1, 0.15) is 27.7 Å². The number of carbonyl (C=O) groups is 1. The third kappa shape index (κ3) is 5.75. The predicted octanol–water partition coefficient (Wildman–Crippen LogP) is 2.07. The summed E-state index contributed by atoms with van der Waals surface area (Å²) in [7, 11) is 1.65. The Morgan fingerprint density at radius 2 is 1.88 bits per heavy atom. The number of nitrogens with zero attached hydrogens (tertiary/aromatic N) is 1. The van der Waals surface area contributed by atoms with Crippen molar-refractivity contribution >= 4 is 18.5 Å². The number of rotatable bonds is 7. The van der Waals surface area contributed by atoms with Crippen molar-refractivity contribution in [3.05, 3.63) is 0 Å². The number of amides is 1. The molecule has 4 heteroatoms. The smallest absolute Gasteiger partial charge is 0.235 e. The van der Waals surface area contributed by atoms with E-state index >= 15 is 0 Å². The lowest BCUT2D eigenvalue weighted by Crippen LogP contribution is -2.42. The van der Waals surface area contributed by atoms with E-state index in [-0.39, 0.29) is 17.1 Å². The number of hydrogen-bond donors (Lipinski definition) is 1. The maximum atomic E-state index is 12.1. The third-order valence-corrected chi connectivity index (χ3v) is 3.16. The topological polar surface area (TPSA) is 29.5 Å². The maximum absolute atomic E-state index is 12.1. The highest BCUT2D eigenvalue weighted by atomic mass is 32.1. The maximum Gasteiger partial charge on any atom is 0.235 e. The Hall–Kier alpha value is -0.220. The second-order valence-electron chi connectivity index (χ2n) is 4.86. The van der Waals surface area contributed by atoms with Crippen LogP contribution in [0.25, 0.3) is 0 Å². The first-order chi connectivity index (χ1) is 7.40. The van der Waals surface area contributed by atoms with Gasteiger partial charge in [0.15, 0.2) is 0 Å². The van der Waals surface area contributed by atoms with E-state index in [1.807, 2.05) is 18.7 Å². The van der Waals surface area contributed by atoms with E-state index < -0.39 is 0 Å². The molecule has 0 rings (SSSR count). The van der Waals surface area contributed by atoms with Crippen LogP contribution in [0.4, 0.5) is 0 Å². The van der Waals surface area contributed by atoms with Crippen molar-refractivity contribution in [1.82, 2.24) is 4.90 Å². The molecular formula is C12H25NO2S. The third-order valence-electron chi connectivity index (χ3n) is 2.35. The predicted molar refractivity (Wildman–Crippen MR) is 70.9 cm³/mol. The zero-order chi connectivity index (χ0) is 12.7. The molecule has 0 aromatic carbocycles. The fourth-order valence-electron chi connectivity index (χ4n) is 1.41. The minimum Gasteiger partial charge on any atom is -0.383 e. The van der Waals surface area contributed by atoms with Crippen molar-refractivity contribution < 1.29 is 9.53 Å². The molecular weight excluding hydrogens is 222 g/mol. The van der Waals surface area contributed by atoms with Crippen LogP contribution < -0.4 is 0 Å². The Morgan fingerprint density at radius 1 is 1.31 bits per heavy atom. The van der Waals surface area contributed by atoms with Crippen LogP contribution in [0.15, 0.2) is 0 Å². The van der Waals surface area contributed by atoms with Crippen LogP contribution in [0.3, 0.4) is 0 Å². The second-order valence-corrected chi connectivity index (χ2v) is 5.42. The molecule has 0 aromatic heterocycles. The van der Waals surface area contributed by atoms with Gasteiger partial charge in [-0.25, -0.2) is 0 Å². The molecule has 0 aliphatic carbocycles. The lowest BCUT2D eigenvalue weighted by atomic mass is 10.1. The zero-order valence-electron chi connectivity index (χ0n) is 11.1. The summed E-state index contributed by atoms with van der Waals surface area (Å²) in [5.74, 6) is 0.839. The van der Waals surface area contributed by atoms with Gasteiger partial charge in [-0.2, -0.15) is 12.6 Å². The van der Waals surface area contributed by atoms with Gasteiger partial charge in [-0.05, 0) is 11.8 Å². The second kappa shape index (κ2) is 7.96. The molecule has 0 bridgehead atoms. The van der Waals surface area contributed by atoms with Crippen LogP contribution in [0.5, 0.6) is 0 Å². The number of methoxy groups -OCH3 is 1. The number of carbonyl (C=O) groups excluding carboxylic acids is 1. The highest BCUT2D eigenvalue weighted by Gasteiger charge is 2.23. The molecule has 0 aliphatic rings. The van der Waals surface area contributed by atoms with Gasteiger partial charge in [-0.15, -0.1) is 0 Å². The van der Waals surface area contributed by atoms with Gasteiger partial charge in [-0.3, -0.25) is 4.79 Å². The first-order valence-corrected chi connectivity index (χ1v) is 6.37. The summed E-state index contributed by atoms with van der Waals surface area (Å²) in [6, 6.07) is 0. The molecule has 1 unspecified atom stereocenters. The molecule has 0 aliphatic heterocycles. The summed E-state index contributed by atoms with van der Waals surface area (Å²) >= 11 is 4.37. The first kappa shape index (κ1) is 15.8. The van der Waals surface area contributed by atoms with Crippen molar-refractivity contribution in [1.29, 1.82) is 0 Å². The molecule has 0 aromatic rings. The summed E-state index contributed by atoms with van der Waals surface area (Å²) in [4.78, 5) is 14.0. The molecule has 0 saturated heterocycles. The van der Waals surface area contributed by atoms with Gasteiger partial charge in [0.2, 0.25) is 5.91 Å². The Morgan fingerprint density at radius 3 is 2.25 bits per heavy atom. The molecule has 3 nitrogen and oxygen atoms in total. The molecule has 0 spiro atoms. The van der Waals surface area contributed by atoms with Crippen molar-refractivity contribution in [3.8, 4) is 0 Å². The van der Waals surface area contributed by atoms with Crippen molar-refractivity contribution in [2.24, 2.45) is 11.8 Å². The largest absolute Gasteiger partial charge is 0.383 e. The van der Waals surface area contributed by atoms with Crippen LogP contribution >= 0.6 is 12.6 Å². The van der Waals surface area contributed by atoms with Crippen molar-refractivity contribution in [2.45, 2.75) is 32.9 Å². The van der Waals surface area contributed by atoms with Gasteiger partial charge in [0, 0.05) is 20.2 Å². The summed E-state index contributed by atoms with van der Waals surface area (Å²) in [5, 5.41) is -0.212. The monoisotopic (exact) mass is 247 g/mol. The number of ether oxygens (including phenoxy) is 1. The summed E-state index contributed by atoms with van der Waals surface area (Å²) in [6.07, 6.45) is 0. The van der Waals surface area contributed by atoms with Gasteiger partial charge in [-0.1, -0.05) is 27.7 Å². The molecule has 0 radical (unpaired) electrons. The highest BCUT2D eigenvalue weighted by Crippen LogP contribution is 2.13. The summed E-state index contributed by atoms with van der Waals surface area (Å²) < 4.78 is 5.03. The lowest BCUT2D eigenvalue weighted by molar-refractivity contribution is -0.132. The highest BCUT2D eigenvalue weighted by molar-refractivity contribution is 7.81. The van der Waals surface area contributed by atoms with E-state index in [0.29, 0.717) is 19.1 Å². The van der Waals surface area contributed by atoms with Crippen molar-refractivity contribution in [2.75, 3.05) is 26.8 Å².